The average Bonchev–Trinajstić information content (AvgIpc) is 2.71. The minimum atomic E-state index is -3.44. The lowest BCUT2D eigenvalue weighted by atomic mass is 10.4. The van der Waals surface area contributed by atoms with Crippen molar-refractivity contribution in [2.75, 3.05) is 13.1 Å². The molecular formula is C9H14N2O3S2. The maximum Gasteiger partial charge on any atom is 0.250 e. The Morgan fingerprint density at radius 3 is 2.81 bits per heavy atom. The molecule has 0 aliphatic heterocycles. The van der Waals surface area contributed by atoms with Gasteiger partial charge in [0.1, 0.15) is 4.21 Å². The van der Waals surface area contributed by atoms with Gasteiger partial charge in [-0.2, -0.15) is 0 Å². The van der Waals surface area contributed by atoms with Crippen molar-refractivity contribution in [3.8, 4) is 0 Å². The molecule has 2 N–H and O–H groups in total. The van der Waals surface area contributed by atoms with E-state index in [4.69, 9.17) is 0 Å². The monoisotopic (exact) mass is 262 g/mol. The van der Waals surface area contributed by atoms with Crippen LogP contribution >= 0.6 is 11.3 Å². The summed E-state index contributed by atoms with van der Waals surface area (Å²) < 4.78 is 25.8. The first kappa shape index (κ1) is 13.1. The molecule has 1 rings (SSSR count). The van der Waals surface area contributed by atoms with Crippen LogP contribution in [0.4, 0.5) is 0 Å². The van der Waals surface area contributed by atoms with E-state index >= 15 is 0 Å². The zero-order valence-corrected chi connectivity index (χ0v) is 10.5. The molecule has 0 saturated heterocycles. The number of nitrogens with one attached hydrogen (secondary N) is 2. The summed E-state index contributed by atoms with van der Waals surface area (Å²) in [6.45, 7) is 2.48. The van der Waals surface area contributed by atoms with Crippen LogP contribution in [-0.4, -0.2) is 27.4 Å². The minimum Gasteiger partial charge on any atom is -0.356 e. The van der Waals surface area contributed by atoms with Crippen molar-refractivity contribution in [2.24, 2.45) is 0 Å². The number of sulfonamides is 1. The molecule has 1 aromatic rings. The molecule has 1 heterocycles. The van der Waals surface area contributed by atoms with Crippen LogP contribution in [0.25, 0.3) is 0 Å². The van der Waals surface area contributed by atoms with Gasteiger partial charge in [0.2, 0.25) is 15.9 Å². The fourth-order valence-corrected chi connectivity index (χ4v) is 3.14. The summed E-state index contributed by atoms with van der Waals surface area (Å²) in [7, 11) is -3.44. The van der Waals surface area contributed by atoms with E-state index < -0.39 is 10.0 Å². The zero-order valence-electron chi connectivity index (χ0n) is 8.89. The quantitative estimate of drug-likeness (QED) is 0.786. The SMILES string of the molecule is CCNC(=O)CCNS(=O)(=O)c1cccs1. The second kappa shape index (κ2) is 5.97. The lowest BCUT2D eigenvalue weighted by molar-refractivity contribution is -0.120. The Morgan fingerprint density at radius 2 is 2.25 bits per heavy atom. The normalized spacial score (nSPS) is 11.3. The third-order valence-electron chi connectivity index (χ3n) is 1.78. The lowest BCUT2D eigenvalue weighted by Gasteiger charge is -2.04. The van der Waals surface area contributed by atoms with Gasteiger partial charge in [0.25, 0.3) is 0 Å². The van der Waals surface area contributed by atoms with E-state index in [1.165, 1.54) is 6.07 Å². The van der Waals surface area contributed by atoms with Crippen LogP contribution < -0.4 is 10.0 Å². The van der Waals surface area contributed by atoms with Crippen LogP contribution in [0.5, 0.6) is 0 Å². The second-order valence-electron chi connectivity index (χ2n) is 3.03. The Bertz CT molecular complexity index is 426. The Labute approximate surface area is 98.9 Å². The second-order valence-corrected chi connectivity index (χ2v) is 5.97. The molecule has 16 heavy (non-hydrogen) atoms. The van der Waals surface area contributed by atoms with Gasteiger partial charge >= 0.3 is 0 Å². The summed E-state index contributed by atoms with van der Waals surface area (Å²) >= 11 is 1.15. The van der Waals surface area contributed by atoms with Gasteiger partial charge in [0.05, 0.1) is 0 Å². The molecule has 0 bridgehead atoms. The fraction of sp³-hybridized carbons (Fsp3) is 0.444. The summed E-state index contributed by atoms with van der Waals surface area (Å²) in [6.07, 6.45) is 0.151. The van der Waals surface area contributed by atoms with Gasteiger partial charge in [-0.15, -0.1) is 11.3 Å². The standard InChI is InChI=1S/C9H14N2O3S2/c1-2-10-8(12)5-6-11-16(13,14)9-4-3-7-15-9/h3-4,7,11H,2,5-6H2,1H3,(H,10,12). The summed E-state index contributed by atoms with van der Waals surface area (Å²) in [4.78, 5) is 11.1. The summed E-state index contributed by atoms with van der Waals surface area (Å²) in [5, 5.41) is 4.29. The maximum absolute atomic E-state index is 11.6. The molecule has 5 nitrogen and oxygen atoms in total. The summed E-state index contributed by atoms with van der Waals surface area (Å²) in [5.41, 5.74) is 0. The number of thiophene rings is 1. The first-order valence-corrected chi connectivity index (χ1v) is 7.22. The molecule has 0 aromatic carbocycles. The van der Waals surface area contributed by atoms with E-state index in [-0.39, 0.29) is 23.1 Å². The Balaban J connectivity index is 2.41. The highest BCUT2D eigenvalue weighted by Crippen LogP contribution is 2.14. The Morgan fingerprint density at radius 1 is 1.50 bits per heavy atom. The first-order valence-electron chi connectivity index (χ1n) is 4.86. The first-order chi connectivity index (χ1) is 7.56. The van der Waals surface area contributed by atoms with E-state index in [9.17, 15) is 13.2 Å². The van der Waals surface area contributed by atoms with Crippen LogP contribution in [0.2, 0.25) is 0 Å². The van der Waals surface area contributed by atoms with E-state index in [1.54, 1.807) is 11.4 Å². The minimum absolute atomic E-state index is 0.117. The van der Waals surface area contributed by atoms with Crippen LogP contribution in [-0.2, 0) is 14.8 Å². The molecule has 0 aliphatic carbocycles. The molecule has 1 aromatic heterocycles. The van der Waals surface area contributed by atoms with Crippen LogP contribution in [0, 0.1) is 0 Å². The third kappa shape index (κ3) is 3.92. The van der Waals surface area contributed by atoms with Crippen molar-refractivity contribution in [3.05, 3.63) is 17.5 Å². The van der Waals surface area contributed by atoms with Crippen LogP contribution in [0.3, 0.4) is 0 Å². The predicted octanol–water partition coefficient (Wildman–Crippen LogP) is 0.553. The molecule has 0 saturated carbocycles. The molecule has 0 aliphatic rings. The largest absolute Gasteiger partial charge is 0.356 e. The lowest BCUT2D eigenvalue weighted by Crippen LogP contribution is -2.30. The van der Waals surface area contributed by atoms with E-state index in [0.29, 0.717) is 6.54 Å². The smallest absolute Gasteiger partial charge is 0.250 e. The fourth-order valence-electron chi connectivity index (χ4n) is 1.07. The molecule has 7 heteroatoms. The average molecular weight is 262 g/mol. The number of hydrogen-bond donors (Lipinski definition) is 2. The van der Waals surface area contributed by atoms with E-state index in [1.807, 2.05) is 6.92 Å². The molecule has 0 spiro atoms. The number of carbonyl (C=O) groups excluding carboxylic acids is 1. The van der Waals surface area contributed by atoms with E-state index in [2.05, 4.69) is 10.0 Å². The van der Waals surface area contributed by atoms with Crippen LogP contribution in [0.1, 0.15) is 13.3 Å². The van der Waals surface area contributed by atoms with Crippen molar-refractivity contribution in [1.82, 2.24) is 10.0 Å². The summed E-state index contributed by atoms with van der Waals surface area (Å²) in [6, 6.07) is 3.20. The van der Waals surface area contributed by atoms with Gasteiger partial charge in [-0.05, 0) is 18.4 Å². The van der Waals surface area contributed by atoms with Gasteiger partial charge in [0, 0.05) is 19.5 Å². The zero-order chi connectivity index (χ0) is 12.0. The van der Waals surface area contributed by atoms with Gasteiger partial charge in [-0.1, -0.05) is 6.07 Å². The van der Waals surface area contributed by atoms with Crippen molar-refractivity contribution >= 4 is 27.3 Å². The van der Waals surface area contributed by atoms with E-state index in [0.717, 1.165) is 11.3 Å². The Hall–Kier alpha value is -0.920. The molecule has 1 amide bonds. The van der Waals surface area contributed by atoms with Crippen molar-refractivity contribution < 1.29 is 13.2 Å². The third-order valence-corrected chi connectivity index (χ3v) is 4.64. The maximum atomic E-state index is 11.6. The highest BCUT2D eigenvalue weighted by Gasteiger charge is 2.14. The van der Waals surface area contributed by atoms with Crippen molar-refractivity contribution in [1.29, 1.82) is 0 Å². The van der Waals surface area contributed by atoms with Gasteiger partial charge in [-0.25, -0.2) is 13.1 Å². The molecule has 0 atom stereocenters. The van der Waals surface area contributed by atoms with Crippen molar-refractivity contribution in [2.45, 2.75) is 17.6 Å². The van der Waals surface area contributed by atoms with Gasteiger partial charge in [0.15, 0.2) is 0 Å². The predicted molar refractivity (Wildman–Crippen MR) is 62.8 cm³/mol. The van der Waals surface area contributed by atoms with Gasteiger partial charge in [-0.3, -0.25) is 4.79 Å². The number of hydrogen-bond acceptors (Lipinski definition) is 4. The van der Waals surface area contributed by atoms with Crippen molar-refractivity contribution in [3.63, 3.8) is 0 Å². The van der Waals surface area contributed by atoms with Crippen LogP contribution in [0.15, 0.2) is 21.7 Å². The number of amides is 1. The topological polar surface area (TPSA) is 75.3 Å². The molecule has 90 valence electrons. The number of carbonyl (C=O) groups is 1. The van der Waals surface area contributed by atoms with Gasteiger partial charge < -0.3 is 5.32 Å². The highest BCUT2D eigenvalue weighted by atomic mass is 32.2. The highest BCUT2D eigenvalue weighted by molar-refractivity contribution is 7.91. The molecule has 0 unspecified atom stereocenters. The Kier molecular flexibility index (Phi) is 4.91. The summed E-state index contributed by atoms with van der Waals surface area (Å²) in [5.74, 6) is -0.156. The number of rotatable bonds is 6. The molecular weight excluding hydrogens is 248 g/mol. The molecule has 0 fully saturated rings. The molecule has 0 radical (unpaired) electrons.